The lowest BCUT2D eigenvalue weighted by atomic mass is 9.91. The van der Waals surface area contributed by atoms with Gasteiger partial charge in [0, 0.05) is 0 Å². The number of alkyl halides is 17. The van der Waals surface area contributed by atoms with E-state index in [2.05, 4.69) is 0 Å². The molecule has 0 saturated heterocycles. The normalized spacial score (nSPS) is 18.1. The molecule has 0 rings (SSSR count). The summed E-state index contributed by atoms with van der Waals surface area (Å²) in [5.74, 6) is -52.3. The number of hydrogen-bond acceptors (Lipinski definition) is 4. The highest BCUT2D eigenvalue weighted by Crippen LogP contribution is 2.64. The number of hydrogen-bond donors (Lipinski definition) is 2. The van der Waals surface area contributed by atoms with Crippen LogP contribution >= 0.6 is 0 Å². The van der Waals surface area contributed by atoms with Crippen LogP contribution in [0.4, 0.5) is 74.6 Å². The summed E-state index contributed by atoms with van der Waals surface area (Å²) in [5, 5.41) is 10.1. The molecular weight excluding hydrogens is 577 g/mol. The minimum Gasteiger partial charge on any atom is -0.378 e. The van der Waals surface area contributed by atoms with E-state index in [1.807, 2.05) is 0 Å². The maximum absolute atomic E-state index is 13.9. The number of halogens is 17. The molecule has 0 fully saturated rings. The van der Waals surface area contributed by atoms with Crippen molar-refractivity contribution in [2.45, 2.75) is 73.3 Å². The van der Waals surface area contributed by atoms with Gasteiger partial charge in [0.1, 0.15) is 12.5 Å². The monoisotopic (exact) mass is 587 g/mol. The first-order chi connectivity index (χ1) is 14.8. The highest BCUT2D eigenvalue weighted by molar-refractivity contribution is 7.90. The SMILES string of the molecule is CC(O)N(C(C)O)S(=O)(=O)C(F)(F)C(F)(F)C(F)(F)C(F)(F)C(F)(F)C(F)(F)C(F)(F)C(F)(F)F. The smallest absolute Gasteiger partial charge is 0.378 e. The lowest BCUT2D eigenvalue weighted by molar-refractivity contribution is -0.458. The van der Waals surface area contributed by atoms with E-state index in [1.165, 1.54) is 0 Å². The van der Waals surface area contributed by atoms with Gasteiger partial charge in [-0.05, 0) is 13.8 Å². The molecule has 23 heteroatoms. The molecule has 5 nitrogen and oxygen atoms in total. The van der Waals surface area contributed by atoms with Gasteiger partial charge >= 0.3 is 47.0 Å². The molecule has 35 heavy (non-hydrogen) atoms. The number of rotatable bonds is 10. The van der Waals surface area contributed by atoms with Crippen molar-refractivity contribution in [1.29, 1.82) is 0 Å². The summed E-state index contributed by atoms with van der Waals surface area (Å²) in [4.78, 5) is 0. The Kier molecular flexibility index (Phi) is 8.27. The molecule has 0 amide bonds. The fourth-order valence-corrected chi connectivity index (χ4v) is 3.68. The molecule has 0 radical (unpaired) electrons. The summed E-state index contributed by atoms with van der Waals surface area (Å²) in [5.41, 5.74) is 0. The summed E-state index contributed by atoms with van der Waals surface area (Å²) in [6.07, 6.45) is -14.1. The second kappa shape index (κ2) is 8.60. The van der Waals surface area contributed by atoms with Gasteiger partial charge in [0.15, 0.2) is 0 Å². The first-order valence-corrected chi connectivity index (χ1v) is 9.31. The summed E-state index contributed by atoms with van der Waals surface area (Å²) < 4.78 is 246. The van der Waals surface area contributed by atoms with E-state index < -0.39 is 73.8 Å². The van der Waals surface area contributed by atoms with Crippen molar-refractivity contribution in [3.63, 3.8) is 0 Å². The molecule has 0 aromatic rings. The average Bonchev–Trinajstić information content (AvgIpc) is 2.58. The third kappa shape index (κ3) is 4.28. The standard InChI is InChI=1S/C12H10F17NO4S/c1-3(31)30(4(2)32)35(33,34)12(28,29)10(23,24)8(19,20)6(15,16)5(13,14)7(17,18)9(21,22)11(25,26)27/h3-4,31-32H,1-2H3. The minimum atomic E-state index is -8.96. The Labute approximate surface area is 182 Å². The van der Waals surface area contributed by atoms with Crippen LogP contribution in [-0.4, -0.2) is 82.4 Å². The van der Waals surface area contributed by atoms with Gasteiger partial charge in [-0.15, -0.1) is 4.31 Å². The topological polar surface area (TPSA) is 77.8 Å². The van der Waals surface area contributed by atoms with Crippen molar-refractivity contribution >= 4 is 10.0 Å². The van der Waals surface area contributed by atoms with Gasteiger partial charge in [0.05, 0.1) is 0 Å². The number of sulfonamides is 1. The molecule has 0 aliphatic heterocycles. The van der Waals surface area contributed by atoms with E-state index >= 15 is 0 Å². The number of nitrogens with zero attached hydrogens (tertiary/aromatic N) is 1. The average molecular weight is 587 g/mol. The molecule has 2 unspecified atom stereocenters. The van der Waals surface area contributed by atoms with Crippen molar-refractivity contribution in [3.05, 3.63) is 0 Å². The van der Waals surface area contributed by atoms with Crippen LogP contribution in [0.3, 0.4) is 0 Å². The maximum Gasteiger partial charge on any atom is 0.460 e. The van der Waals surface area contributed by atoms with Crippen LogP contribution in [0.1, 0.15) is 13.8 Å². The molecule has 0 spiro atoms. The highest BCUT2D eigenvalue weighted by atomic mass is 32.2. The number of aliphatic hydroxyl groups is 2. The Balaban J connectivity index is 7.14. The molecule has 0 aliphatic rings. The van der Waals surface area contributed by atoms with E-state index in [9.17, 15) is 83.1 Å². The van der Waals surface area contributed by atoms with Crippen LogP contribution in [-0.2, 0) is 10.0 Å². The summed E-state index contributed by atoms with van der Waals surface area (Å²) in [6.45, 7) is 0.109. The molecular formula is C12H10F17NO4S. The Morgan fingerprint density at radius 3 is 0.971 bits per heavy atom. The van der Waals surface area contributed by atoms with Crippen LogP contribution in [0.15, 0.2) is 0 Å². The van der Waals surface area contributed by atoms with E-state index in [0.29, 0.717) is 0 Å². The lowest BCUT2D eigenvalue weighted by Crippen LogP contribution is -2.75. The Morgan fingerprint density at radius 1 is 0.514 bits per heavy atom. The van der Waals surface area contributed by atoms with Crippen LogP contribution in [0.5, 0.6) is 0 Å². The Morgan fingerprint density at radius 2 is 0.743 bits per heavy atom. The first-order valence-electron chi connectivity index (χ1n) is 7.87. The van der Waals surface area contributed by atoms with E-state index in [0.717, 1.165) is 0 Å². The molecule has 0 aromatic carbocycles. The first kappa shape index (κ1) is 33.6. The summed E-state index contributed by atoms with van der Waals surface area (Å²) >= 11 is 0. The zero-order valence-corrected chi connectivity index (χ0v) is 17.0. The molecule has 212 valence electrons. The van der Waals surface area contributed by atoms with E-state index in [1.54, 1.807) is 0 Å². The molecule has 0 heterocycles. The van der Waals surface area contributed by atoms with Gasteiger partial charge in [-0.3, -0.25) is 0 Å². The van der Waals surface area contributed by atoms with Crippen LogP contribution in [0, 0.1) is 0 Å². The van der Waals surface area contributed by atoms with Crippen LogP contribution in [0.25, 0.3) is 0 Å². The fourth-order valence-electron chi connectivity index (χ4n) is 2.16. The Bertz CT molecular complexity index is 872. The Hall–Kier alpha value is -1.36. The molecule has 2 atom stereocenters. The predicted molar refractivity (Wildman–Crippen MR) is 74.8 cm³/mol. The second-order valence-electron chi connectivity index (χ2n) is 6.56. The molecule has 0 bridgehead atoms. The second-order valence-corrected chi connectivity index (χ2v) is 8.44. The lowest BCUT2D eigenvalue weighted by Gasteiger charge is -2.43. The summed E-state index contributed by atoms with van der Waals surface area (Å²) in [7, 11) is -7.76. The summed E-state index contributed by atoms with van der Waals surface area (Å²) in [6, 6.07) is 0. The van der Waals surface area contributed by atoms with Gasteiger partial charge in [-0.25, -0.2) is 8.42 Å². The van der Waals surface area contributed by atoms with E-state index in [4.69, 9.17) is 10.2 Å². The van der Waals surface area contributed by atoms with Crippen molar-refractivity contribution in [2.75, 3.05) is 0 Å². The van der Waals surface area contributed by atoms with Gasteiger partial charge in [-0.2, -0.15) is 74.6 Å². The maximum atomic E-state index is 13.9. The van der Waals surface area contributed by atoms with Crippen molar-refractivity contribution in [1.82, 2.24) is 4.31 Å². The third-order valence-corrected chi connectivity index (χ3v) is 6.10. The number of aliphatic hydroxyl groups excluding tert-OH is 2. The zero-order chi connectivity index (χ0) is 29.2. The van der Waals surface area contributed by atoms with E-state index in [-0.39, 0.29) is 13.8 Å². The van der Waals surface area contributed by atoms with Crippen LogP contribution in [0.2, 0.25) is 0 Å². The van der Waals surface area contributed by atoms with Gasteiger partial charge in [-0.1, -0.05) is 0 Å². The zero-order valence-electron chi connectivity index (χ0n) is 16.1. The van der Waals surface area contributed by atoms with Gasteiger partial charge in [0.2, 0.25) is 0 Å². The molecule has 0 saturated carbocycles. The fraction of sp³-hybridized carbons (Fsp3) is 1.00. The largest absolute Gasteiger partial charge is 0.460 e. The van der Waals surface area contributed by atoms with Crippen molar-refractivity contribution < 1.29 is 93.3 Å². The third-order valence-electron chi connectivity index (χ3n) is 4.03. The molecule has 2 N–H and O–H groups in total. The predicted octanol–water partition coefficient (Wildman–Crippen LogP) is 4.26. The van der Waals surface area contributed by atoms with Crippen molar-refractivity contribution in [3.8, 4) is 0 Å². The quantitative estimate of drug-likeness (QED) is 0.296. The minimum absolute atomic E-state index is 0.0547. The van der Waals surface area contributed by atoms with Crippen molar-refractivity contribution in [2.24, 2.45) is 0 Å². The van der Waals surface area contributed by atoms with Gasteiger partial charge < -0.3 is 10.2 Å². The van der Waals surface area contributed by atoms with Gasteiger partial charge in [0.25, 0.3) is 10.0 Å². The molecule has 0 aliphatic carbocycles. The van der Waals surface area contributed by atoms with Crippen LogP contribution < -0.4 is 0 Å². The highest BCUT2D eigenvalue weighted by Gasteiger charge is 2.96. The molecule has 0 aromatic heterocycles.